The van der Waals surface area contributed by atoms with Crippen molar-refractivity contribution in [1.82, 2.24) is 24.9 Å². The maximum atomic E-state index is 12.6. The third kappa shape index (κ3) is 11.9. The van der Waals surface area contributed by atoms with Crippen LogP contribution in [0.15, 0.2) is 59.3 Å². The average Bonchev–Trinajstić information content (AvgIpc) is 3.50. The number of nitrogens with one attached hydrogen (secondary N) is 1. The maximum Gasteiger partial charge on any atom is 0.407 e. The number of pyridine rings is 1. The fourth-order valence-electron chi connectivity index (χ4n) is 6.31. The van der Waals surface area contributed by atoms with Gasteiger partial charge in [-0.05, 0) is 80.5 Å². The van der Waals surface area contributed by atoms with Gasteiger partial charge in [0.2, 0.25) is 0 Å². The lowest BCUT2D eigenvalue weighted by atomic mass is 9.84. The molecular weight excluding hydrogens is 765 g/mol. The van der Waals surface area contributed by atoms with Gasteiger partial charge in [-0.2, -0.15) is 9.61 Å². The summed E-state index contributed by atoms with van der Waals surface area (Å²) in [6, 6.07) is 16.6. The fraction of sp³-hybridized carbons (Fsp3) is 0.550. The number of carbonyl (C=O) groups excluding carboxylic acids is 1. The van der Waals surface area contributed by atoms with Crippen LogP contribution < -0.4 is 10.2 Å². The zero-order valence-corrected chi connectivity index (χ0v) is 36.8. The monoisotopic (exact) mass is 822 g/mol. The Bertz CT molecular complexity index is 1770. The van der Waals surface area contributed by atoms with Gasteiger partial charge in [-0.3, -0.25) is 4.98 Å². The predicted molar refractivity (Wildman–Crippen MR) is 224 cm³/mol. The molecule has 53 heavy (non-hydrogen) atoms. The van der Waals surface area contributed by atoms with Crippen molar-refractivity contribution in [2.24, 2.45) is 0 Å². The van der Waals surface area contributed by atoms with Gasteiger partial charge in [0.05, 0.1) is 22.1 Å². The largest absolute Gasteiger partial charge is 0.444 e. The average molecular weight is 824 g/mol. The number of amides is 1. The molecule has 0 saturated heterocycles. The minimum Gasteiger partial charge on any atom is -0.444 e. The van der Waals surface area contributed by atoms with Gasteiger partial charge in [0.15, 0.2) is 11.5 Å². The quantitative estimate of drug-likeness (QED) is 0.0718. The highest BCUT2D eigenvalue weighted by molar-refractivity contribution is 9.10. The van der Waals surface area contributed by atoms with E-state index in [1.54, 1.807) is 0 Å². The van der Waals surface area contributed by atoms with E-state index in [1.165, 1.54) is 0 Å². The van der Waals surface area contributed by atoms with Crippen molar-refractivity contribution in [1.29, 1.82) is 0 Å². The number of nitrogens with zero attached hydrogens (tertiary/aromatic N) is 5. The highest BCUT2D eigenvalue weighted by atomic mass is 79.9. The summed E-state index contributed by atoms with van der Waals surface area (Å²) in [5.74, 6) is 1.04. The zero-order valence-electron chi connectivity index (χ0n) is 33.2. The summed E-state index contributed by atoms with van der Waals surface area (Å²) in [7, 11) is -2.56. The Morgan fingerprint density at radius 3 is 2.06 bits per heavy atom. The van der Waals surface area contributed by atoms with E-state index in [4.69, 9.17) is 29.3 Å². The lowest BCUT2D eigenvalue weighted by molar-refractivity contribution is 0.0491. The van der Waals surface area contributed by atoms with E-state index in [9.17, 15) is 4.79 Å². The molecule has 1 N–H and O–H groups in total. The van der Waals surface area contributed by atoms with Crippen molar-refractivity contribution in [2.45, 2.75) is 115 Å². The number of benzene rings is 1. The lowest BCUT2D eigenvalue weighted by Crippen LogP contribution is -2.40. The molecule has 0 radical (unpaired) electrons. The molecule has 1 aliphatic rings. The Balaban J connectivity index is 1.50. The van der Waals surface area contributed by atoms with Gasteiger partial charge in [0, 0.05) is 64.2 Å². The summed E-state index contributed by atoms with van der Waals surface area (Å²) in [6.45, 7) is 22.0. The fourth-order valence-corrected chi connectivity index (χ4v) is 8.65. The van der Waals surface area contributed by atoms with Crippen LogP contribution >= 0.6 is 15.9 Å². The van der Waals surface area contributed by atoms with Crippen molar-refractivity contribution in [2.75, 3.05) is 31.6 Å². The third-order valence-corrected chi connectivity index (χ3v) is 13.5. The van der Waals surface area contributed by atoms with Crippen LogP contribution in [0.1, 0.15) is 58.1 Å². The maximum absolute atomic E-state index is 12.6. The highest BCUT2D eigenvalue weighted by Crippen LogP contribution is 2.41. The van der Waals surface area contributed by atoms with Gasteiger partial charge in [0.25, 0.3) is 0 Å². The molecule has 0 aliphatic heterocycles. The second-order valence-electron chi connectivity index (χ2n) is 17.7. The molecule has 1 amide bonds. The van der Waals surface area contributed by atoms with Crippen molar-refractivity contribution in [3.8, 4) is 22.4 Å². The highest BCUT2D eigenvalue weighted by Gasteiger charge is 2.31. The standard InChI is InChI=1S/C40H59BrN6O4Si2/c1-40(2,3)51-39(48)44-32-18-15-30(16-19-32)36-35(41)38(46(27-49-21-23-52(4,5)6)28-50-22-24-53(7,8)9)47-37(45-36)33(26-43-47)31-17-20-34(42-25-31)29-13-11-10-12-14-29/h10-14,17,20,25-26,30,32H,15-16,18-19,21-24,27-28H2,1-9H3,(H,44,48)/t30-,32+. The summed E-state index contributed by atoms with van der Waals surface area (Å²) < 4.78 is 21.1. The molecule has 0 atom stereocenters. The number of carbonyl (C=O) groups is 1. The van der Waals surface area contributed by atoms with Crippen molar-refractivity contribution >= 4 is 49.6 Å². The molecule has 0 bridgehead atoms. The summed E-state index contributed by atoms with van der Waals surface area (Å²) in [5, 5.41) is 8.04. The van der Waals surface area contributed by atoms with Crippen LogP contribution in [0.5, 0.6) is 0 Å². The second-order valence-corrected chi connectivity index (χ2v) is 29.7. The molecule has 1 aliphatic carbocycles. The number of anilines is 1. The van der Waals surface area contributed by atoms with Crippen LogP contribution in [0, 0.1) is 0 Å². The molecule has 288 valence electrons. The van der Waals surface area contributed by atoms with Gasteiger partial charge >= 0.3 is 6.09 Å². The van der Waals surface area contributed by atoms with Gasteiger partial charge in [-0.15, -0.1) is 0 Å². The van der Waals surface area contributed by atoms with Gasteiger partial charge in [-0.25, -0.2) is 9.78 Å². The number of aromatic nitrogens is 4. The molecule has 3 aromatic heterocycles. The van der Waals surface area contributed by atoms with E-state index < -0.39 is 21.7 Å². The number of alkyl carbamates (subject to hydrolysis) is 1. The molecule has 0 unspecified atom stereocenters. The lowest BCUT2D eigenvalue weighted by Gasteiger charge is -2.32. The number of halogens is 1. The van der Waals surface area contributed by atoms with Gasteiger partial charge in [-0.1, -0.05) is 75.7 Å². The minimum absolute atomic E-state index is 0.0545. The first-order valence-electron chi connectivity index (χ1n) is 19.0. The molecule has 1 fully saturated rings. The number of hydrogen-bond acceptors (Lipinski definition) is 8. The minimum atomic E-state index is -1.28. The number of fused-ring (bicyclic) bond motifs is 1. The molecule has 0 spiro atoms. The van der Waals surface area contributed by atoms with Crippen LogP contribution in [0.4, 0.5) is 10.6 Å². The molecule has 13 heteroatoms. The molecule has 3 heterocycles. The first-order chi connectivity index (χ1) is 25.0. The molecule has 1 saturated carbocycles. The van der Waals surface area contributed by atoms with Crippen LogP contribution in [-0.2, 0) is 14.2 Å². The number of rotatable bonds is 15. The van der Waals surface area contributed by atoms with Crippen LogP contribution in [0.3, 0.4) is 0 Å². The molecular formula is C40H59BrN6O4Si2. The topological polar surface area (TPSA) is 103 Å². The van der Waals surface area contributed by atoms with Crippen molar-refractivity contribution in [3.05, 3.63) is 65.0 Å². The Labute approximate surface area is 326 Å². The Morgan fingerprint density at radius 1 is 0.887 bits per heavy atom. The van der Waals surface area contributed by atoms with Crippen molar-refractivity contribution in [3.63, 3.8) is 0 Å². The Hall–Kier alpha value is -3.11. The molecule has 4 aromatic rings. The van der Waals surface area contributed by atoms with E-state index >= 15 is 0 Å². The predicted octanol–water partition coefficient (Wildman–Crippen LogP) is 10.2. The SMILES string of the molecule is CC(C)(C)OC(=O)N[C@H]1CC[C@@H](c2nc3c(-c4ccc(-c5ccccc5)nc4)cnn3c(N(COCC[Si](C)(C)C)COCC[Si](C)(C)C)c2Br)CC1. The summed E-state index contributed by atoms with van der Waals surface area (Å²) in [5.41, 5.74) is 5.04. The molecule has 5 rings (SSSR count). The van der Waals surface area contributed by atoms with E-state index in [-0.39, 0.29) is 18.1 Å². The zero-order chi connectivity index (χ0) is 38.4. The summed E-state index contributed by atoms with van der Waals surface area (Å²) >= 11 is 4.04. The van der Waals surface area contributed by atoms with Crippen LogP contribution in [-0.4, -0.2) is 80.1 Å². The van der Waals surface area contributed by atoms with E-state index in [2.05, 4.69) is 89.7 Å². The smallest absolute Gasteiger partial charge is 0.407 e. The normalized spacial score (nSPS) is 16.9. The van der Waals surface area contributed by atoms with Gasteiger partial charge < -0.3 is 24.4 Å². The number of ether oxygens (including phenoxy) is 3. The van der Waals surface area contributed by atoms with Crippen LogP contribution in [0.25, 0.3) is 28.0 Å². The number of hydrogen-bond donors (Lipinski definition) is 1. The van der Waals surface area contributed by atoms with E-state index in [0.717, 1.165) is 81.8 Å². The van der Waals surface area contributed by atoms with Crippen LogP contribution in [0.2, 0.25) is 51.4 Å². The summed E-state index contributed by atoms with van der Waals surface area (Å²) in [6.07, 6.45) is 6.85. The molecule has 10 nitrogen and oxygen atoms in total. The van der Waals surface area contributed by atoms with E-state index in [1.807, 2.05) is 55.9 Å². The van der Waals surface area contributed by atoms with Crippen molar-refractivity contribution < 1.29 is 19.0 Å². The Morgan fingerprint density at radius 2 is 1.51 bits per heavy atom. The van der Waals surface area contributed by atoms with Gasteiger partial charge in [0.1, 0.15) is 19.1 Å². The third-order valence-electron chi connectivity index (χ3n) is 9.36. The first-order valence-corrected chi connectivity index (χ1v) is 27.2. The second kappa shape index (κ2) is 17.6. The van der Waals surface area contributed by atoms with E-state index in [0.29, 0.717) is 26.7 Å². The summed E-state index contributed by atoms with van der Waals surface area (Å²) in [4.78, 5) is 24.9. The Kier molecular flexibility index (Phi) is 13.6. The first kappa shape index (κ1) is 41.1. The molecule has 1 aromatic carbocycles.